The minimum Gasteiger partial charge on any atom is -0.384 e. The van der Waals surface area contributed by atoms with Gasteiger partial charge < -0.3 is 25.3 Å². The van der Waals surface area contributed by atoms with Gasteiger partial charge in [-0.15, -0.1) is 0 Å². The zero-order chi connectivity index (χ0) is 35.6. The van der Waals surface area contributed by atoms with Gasteiger partial charge in [0.25, 0.3) is 0 Å². The molecule has 0 saturated carbocycles. The Kier molecular flexibility index (Phi) is 9.05. The number of hydrogen-bond acceptors (Lipinski definition) is 5. The maximum Gasteiger partial charge on any atom is 0.144 e. The fraction of sp³-hybridized carbons (Fsp3) is 0.273. The number of hydrogen-bond donors (Lipinski definition) is 5. The van der Waals surface area contributed by atoms with Crippen LogP contribution >= 0.6 is 0 Å². The van der Waals surface area contributed by atoms with E-state index in [0.717, 1.165) is 107 Å². The molecule has 1 aliphatic heterocycles. The highest BCUT2D eigenvalue weighted by molar-refractivity contribution is 6.07. The molecule has 8 bridgehead atoms. The summed E-state index contributed by atoms with van der Waals surface area (Å²) in [4.78, 5) is 35.2. The first kappa shape index (κ1) is 32.9. The van der Waals surface area contributed by atoms with Crippen LogP contribution in [-0.2, 0) is 0 Å². The smallest absolute Gasteiger partial charge is 0.144 e. The van der Waals surface area contributed by atoms with Gasteiger partial charge >= 0.3 is 0 Å². The molecule has 4 aromatic carbocycles. The molecular weight excluding hydrogens is 655 g/mol. The molecule has 53 heavy (non-hydrogen) atoms. The molecule has 5 heterocycles. The van der Waals surface area contributed by atoms with Crippen molar-refractivity contribution in [1.82, 2.24) is 19.9 Å². The van der Waals surface area contributed by atoms with Crippen molar-refractivity contribution >= 4 is 72.0 Å². The molecule has 0 spiro atoms. The molecule has 1 aliphatic rings. The Morgan fingerprint density at radius 3 is 1.30 bits per heavy atom. The maximum atomic E-state index is 5.31. The lowest BCUT2D eigenvalue weighted by molar-refractivity contribution is 0.560. The molecule has 0 aliphatic carbocycles. The van der Waals surface area contributed by atoms with Crippen LogP contribution in [0.2, 0.25) is 0 Å². The summed E-state index contributed by atoms with van der Waals surface area (Å²) in [7, 11) is 0. The SMILES string of the molecule is CCCCCCCCCCCCNc1cccc2c3[nH]c(c12)N=c1[nH]c(c2ccccc12)=Nc1[nH]c(c2ccccc12)N=c1[nH]c(c2ccccc12)=N3. The van der Waals surface area contributed by atoms with Crippen molar-refractivity contribution in [2.45, 2.75) is 71.1 Å². The summed E-state index contributed by atoms with van der Waals surface area (Å²) in [5.41, 5.74) is 3.98. The Morgan fingerprint density at radius 1 is 0.396 bits per heavy atom. The van der Waals surface area contributed by atoms with Crippen LogP contribution in [0, 0.1) is 0 Å². The first-order valence-electron chi connectivity index (χ1n) is 19.3. The van der Waals surface area contributed by atoms with E-state index in [9.17, 15) is 0 Å². The minimum atomic E-state index is 0.733. The van der Waals surface area contributed by atoms with Gasteiger partial charge in [-0.3, -0.25) is 0 Å². The molecule has 8 aromatic rings. The Bertz CT molecular complexity index is 2830. The Labute approximate surface area is 307 Å². The Balaban J connectivity index is 1.17. The normalized spacial score (nSPS) is 12.5. The number of anilines is 1. The number of aromatic nitrogens is 4. The number of nitrogens with zero attached hydrogens (tertiary/aromatic N) is 4. The molecule has 5 N–H and O–H groups in total. The Hall–Kier alpha value is -5.96. The van der Waals surface area contributed by atoms with Crippen LogP contribution in [0.25, 0.3) is 43.1 Å². The molecule has 0 atom stereocenters. The van der Waals surface area contributed by atoms with Crippen molar-refractivity contribution in [2.75, 3.05) is 11.9 Å². The van der Waals surface area contributed by atoms with E-state index in [2.05, 4.69) is 86.8 Å². The summed E-state index contributed by atoms with van der Waals surface area (Å²) in [5, 5.41) is 11.7. The average Bonchev–Trinajstić information content (AvgIpc) is 3.93. The van der Waals surface area contributed by atoms with Crippen molar-refractivity contribution in [3.63, 3.8) is 0 Å². The van der Waals surface area contributed by atoms with Crippen LogP contribution < -0.4 is 27.3 Å². The fourth-order valence-corrected chi connectivity index (χ4v) is 7.81. The van der Waals surface area contributed by atoms with Gasteiger partial charge in [-0.1, -0.05) is 150 Å². The van der Waals surface area contributed by atoms with E-state index in [-0.39, 0.29) is 0 Å². The van der Waals surface area contributed by atoms with Crippen LogP contribution in [-0.4, -0.2) is 26.5 Å². The quantitative estimate of drug-likeness (QED) is 0.0801. The maximum absolute atomic E-state index is 5.31. The summed E-state index contributed by atoms with van der Waals surface area (Å²) in [5.74, 6) is 2.94. The lowest BCUT2D eigenvalue weighted by Gasteiger charge is -2.08. The van der Waals surface area contributed by atoms with Crippen LogP contribution in [0.1, 0.15) is 71.1 Å². The van der Waals surface area contributed by atoms with Crippen molar-refractivity contribution in [3.05, 3.63) is 113 Å². The molecule has 0 amide bonds. The average molecular weight is 700 g/mol. The van der Waals surface area contributed by atoms with Crippen molar-refractivity contribution in [2.24, 2.45) is 20.0 Å². The molecule has 9 nitrogen and oxygen atoms in total. The largest absolute Gasteiger partial charge is 0.384 e. The predicted molar refractivity (Wildman–Crippen MR) is 217 cm³/mol. The first-order chi connectivity index (χ1) is 26.2. The third kappa shape index (κ3) is 6.41. The number of rotatable bonds is 12. The second-order valence-electron chi connectivity index (χ2n) is 14.2. The van der Waals surface area contributed by atoms with E-state index in [1.165, 1.54) is 57.8 Å². The molecule has 4 aromatic heterocycles. The van der Waals surface area contributed by atoms with E-state index in [0.29, 0.717) is 0 Å². The highest BCUT2D eigenvalue weighted by Gasteiger charge is 2.16. The summed E-state index contributed by atoms with van der Waals surface area (Å²) in [6, 6.07) is 31.1. The van der Waals surface area contributed by atoms with E-state index in [1.54, 1.807) is 0 Å². The van der Waals surface area contributed by atoms with Gasteiger partial charge in [-0.05, 0) is 12.5 Å². The van der Waals surface area contributed by atoms with Crippen molar-refractivity contribution in [1.29, 1.82) is 0 Å². The van der Waals surface area contributed by atoms with Crippen LogP contribution in [0.4, 0.5) is 29.0 Å². The van der Waals surface area contributed by atoms with Crippen molar-refractivity contribution in [3.8, 4) is 0 Å². The van der Waals surface area contributed by atoms with Crippen LogP contribution in [0.3, 0.4) is 0 Å². The molecule has 0 fully saturated rings. The zero-order valence-electron chi connectivity index (χ0n) is 30.2. The van der Waals surface area contributed by atoms with Gasteiger partial charge in [0.2, 0.25) is 0 Å². The minimum absolute atomic E-state index is 0.733. The highest BCUT2D eigenvalue weighted by Crippen LogP contribution is 2.39. The molecule has 9 rings (SSSR count). The lowest BCUT2D eigenvalue weighted by Crippen LogP contribution is -2.10. The lowest BCUT2D eigenvalue weighted by atomic mass is 10.1. The monoisotopic (exact) mass is 699 g/mol. The summed E-state index contributed by atoms with van der Waals surface area (Å²) in [6.07, 6.45) is 13.1. The third-order valence-electron chi connectivity index (χ3n) is 10.6. The zero-order valence-corrected chi connectivity index (χ0v) is 30.2. The number of benzene rings is 4. The van der Waals surface area contributed by atoms with Gasteiger partial charge in [0.1, 0.15) is 45.2 Å². The van der Waals surface area contributed by atoms with Gasteiger partial charge in [-0.2, -0.15) is 0 Å². The number of fused-ring (bicyclic) bond motifs is 20. The second kappa shape index (κ2) is 14.6. The summed E-state index contributed by atoms with van der Waals surface area (Å²) in [6.45, 7) is 3.18. The topological polar surface area (TPSA) is 125 Å². The second-order valence-corrected chi connectivity index (χ2v) is 14.2. The third-order valence-corrected chi connectivity index (χ3v) is 10.6. The van der Waals surface area contributed by atoms with Gasteiger partial charge in [0, 0.05) is 49.9 Å². The summed E-state index contributed by atoms with van der Waals surface area (Å²) >= 11 is 0. The standard InChI is InChI=1S/C44H45N9/c1-2-3-4-5-6-7-8-9-10-17-27-45-35-26-18-25-34-36(35)44-52-42-33-24-16-15-23-32(33)40(50-42)48-38-29-20-12-11-19-28(29)37(46-38)47-39-30-21-13-14-22-31(30)41(49-39)51-43(34)53-44/h11-16,18-26,45H,2-10,17,27H2,1H3,(H4,46,47,48,49,50,51,52,53). The van der Waals surface area contributed by atoms with Gasteiger partial charge in [0.15, 0.2) is 0 Å². The molecule has 0 saturated heterocycles. The van der Waals surface area contributed by atoms with E-state index in [1.807, 2.05) is 36.4 Å². The first-order valence-corrected chi connectivity index (χ1v) is 19.3. The van der Waals surface area contributed by atoms with E-state index >= 15 is 0 Å². The number of aromatic amines is 4. The van der Waals surface area contributed by atoms with E-state index in [4.69, 9.17) is 20.0 Å². The molecule has 9 heteroatoms. The molecule has 0 radical (unpaired) electrons. The summed E-state index contributed by atoms with van der Waals surface area (Å²) < 4.78 is 0. The van der Waals surface area contributed by atoms with Crippen molar-refractivity contribution < 1.29 is 0 Å². The van der Waals surface area contributed by atoms with E-state index < -0.39 is 0 Å². The van der Waals surface area contributed by atoms with Gasteiger partial charge in [-0.25, -0.2) is 20.0 Å². The van der Waals surface area contributed by atoms with Crippen LogP contribution in [0.15, 0.2) is 111 Å². The molecular formula is C44H45N9. The highest BCUT2D eigenvalue weighted by atomic mass is 15.1. The van der Waals surface area contributed by atoms with Crippen LogP contribution in [0.5, 0.6) is 0 Å². The Morgan fingerprint density at radius 2 is 0.792 bits per heavy atom. The molecule has 0 unspecified atom stereocenters. The number of nitrogens with one attached hydrogen (secondary N) is 5. The number of unbranched alkanes of at least 4 members (excludes halogenated alkanes) is 9. The van der Waals surface area contributed by atoms with Gasteiger partial charge in [0.05, 0.1) is 5.39 Å². The predicted octanol–water partition coefficient (Wildman–Crippen LogP) is 10.1. The number of H-pyrrole nitrogens is 4. The fourth-order valence-electron chi connectivity index (χ4n) is 7.81. The molecule has 266 valence electrons.